The molecule has 0 bridgehead atoms. The number of Topliss-reactive ketones (excluding diaryl/α,β-unsaturated/α-hetero) is 1. The molecule has 12 heavy (non-hydrogen) atoms. The quantitative estimate of drug-likeness (QED) is 0.665. The highest BCUT2D eigenvalue weighted by molar-refractivity contribution is 5.78. The Morgan fingerprint density at radius 1 is 1.25 bits per heavy atom. The van der Waals surface area contributed by atoms with Gasteiger partial charge in [-0.05, 0) is 6.42 Å². The number of carbonyl (C=O) groups is 2. The fraction of sp³-hybridized carbons (Fsp3) is 0.750. The zero-order valence-corrected chi connectivity index (χ0v) is 7.54. The van der Waals surface area contributed by atoms with Gasteiger partial charge in [0, 0.05) is 12.8 Å². The van der Waals surface area contributed by atoms with Crippen molar-refractivity contribution in [2.75, 3.05) is 6.61 Å². The number of aliphatic hydroxyl groups is 1. The van der Waals surface area contributed by atoms with Crippen LogP contribution in [0.4, 0.5) is 0 Å². The molecule has 4 nitrogen and oxygen atoms in total. The molecule has 0 amide bonds. The predicted molar refractivity (Wildman–Crippen MR) is 44.9 cm³/mol. The lowest BCUT2D eigenvalue weighted by Gasteiger charge is -1.81. The number of rotatable bonds is 4. The number of carboxylic acid groups (broad SMARTS) is 1. The molecular formula is C8H16O4. The summed E-state index contributed by atoms with van der Waals surface area (Å²) in [6.07, 6.45) is 1.46. The summed E-state index contributed by atoms with van der Waals surface area (Å²) in [5.74, 6) is -0.812. The van der Waals surface area contributed by atoms with Gasteiger partial charge in [-0.3, -0.25) is 9.59 Å². The summed E-state index contributed by atoms with van der Waals surface area (Å²) >= 11 is 0. The molecule has 0 aromatic carbocycles. The molecule has 0 aromatic rings. The fourth-order valence-electron chi connectivity index (χ4n) is 0.326. The summed E-state index contributed by atoms with van der Waals surface area (Å²) in [5, 5.41) is 15.9. The number of carboxylic acids is 1. The smallest absolute Gasteiger partial charge is 0.303 e. The van der Waals surface area contributed by atoms with Crippen LogP contribution in [0.3, 0.4) is 0 Å². The minimum atomic E-state index is -0.711. The van der Waals surface area contributed by atoms with Crippen molar-refractivity contribution in [2.45, 2.75) is 33.1 Å². The highest BCUT2D eigenvalue weighted by atomic mass is 16.4. The van der Waals surface area contributed by atoms with Crippen LogP contribution in [-0.4, -0.2) is 28.6 Å². The Kier molecular flexibility index (Phi) is 11.5. The average Bonchev–Trinajstić information content (AvgIpc) is 2.04. The Labute approximate surface area is 72.2 Å². The lowest BCUT2D eigenvalue weighted by atomic mass is 10.3. The van der Waals surface area contributed by atoms with Gasteiger partial charge >= 0.3 is 5.97 Å². The molecule has 0 radical (unpaired) electrons. The minimum absolute atomic E-state index is 0.102. The molecule has 0 aromatic heterocycles. The normalized spacial score (nSPS) is 8.25. The largest absolute Gasteiger partial charge is 0.481 e. The third-order valence-electron chi connectivity index (χ3n) is 1.03. The molecule has 0 atom stereocenters. The number of aliphatic carboxylic acids is 1. The molecule has 0 heterocycles. The zero-order valence-electron chi connectivity index (χ0n) is 7.54. The van der Waals surface area contributed by atoms with E-state index in [9.17, 15) is 9.59 Å². The van der Waals surface area contributed by atoms with Crippen LogP contribution in [0.5, 0.6) is 0 Å². The molecule has 0 rings (SSSR count). The zero-order chi connectivity index (χ0) is 9.98. The molecule has 0 fully saturated rings. The SMILES string of the molecule is CCC(=O)CO.CCCC(=O)O. The highest BCUT2D eigenvalue weighted by Crippen LogP contribution is 1.82. The van der Waals surface area contributed by atoms with E-state index >= 15 is 0 Å². The van der Waals surface area contributed by atoms with Crippen LogP contribution in [0.25, 0.3) is 0 Å². The first-order valence-electron chi connectivity index (χ1n) is 3.92. The van der Waals surface area contributed by atoms with E-state index in [0.717, 1.165) is 6.42 Å². The first-order valence-corrected chi connectivity index (χ1v) is 3.92. The van der Waals surface area contributed by atoms with Crippen molar-refractivity contribution in [2.24, 2.45) is 0 Å². The molecule has 0 aliphatic carbocycles. The summed E-state index contributed by atoms with van der Waals surface area (Å²) in [7, 11) is 0. The predicted octanol–water partition coefficient (Wildman–Crippen LogP) is 0.829. The number of carbonyl (C=O) groups excluding carboxylic acids is 1. The second-order valence-electron chi connectivity index (χ2n) is 2.19. The Morgan fingerprint density at radius 2 is 1.75 bits per heavy atom. The first kappa shape index (κ1) is 13.7. The topological polar surface area (TPSA) is 74.6 Å². The van der Waals surface area contributed by atoms with Crippen LogP contribution >= 0.6 is 0 Å². The van der Waals surface area contributed by atoms with Crippen LogP contribution in [0, 0.1) is 0 Å². The van der Waals surface area contributed by atoms with Gasteiger partial charge in [-0.1, -0.05) is 13.8 Å². The van der Waals surface area contributed by atoms with Gasteiger partial charge in [0.2, 0.25) is 0 Å². The molecule has 72 valence electrons. The number of hydrogen-bond acceptors (Lipinski definition) is 3. The maximum atomic E-state index is 9.93. The van der Waals surface area contributed by atoms with Gasteiger partial charge in [-0.2, -0.15) is 0 Å². The summed E-state index contributed by atoms with van der Waals surface area (Å²) < 4.78 is 0. The van der Waals surface area contributed by atoms with E-state index in [1.54, 1.807) is 6.92 Å². The van der Waals surface area contributed by atoms with Crippen LogP contribution in [0.1, 0.15) is 33.1 Å². The van der Waals surface area contributed by atoms with E-state index < -0.39 is 5.97 Å². The minimum Gasteiger partial charge on any atom is -0.481 e. The van der Waals surface area contributed by atoms with Gasteiger partial charge in [0.1, 0.15) is 6.61 Å². The molecule has 0 aliphatic heterocycles. The van der Waals surface area contributed by atoms with E-state index in [0.29, 0.717) is 12.8 Å². The average molecular weight is 176 g/mol. The fourth-order valence-corrected chi connectivity index (χ4v) is 0.326. The van der Waals surface area contributed by atoms with Crippen molar-refractivity contribution in [1.29, 1.82) is 0 Å². The van der Waals surface area contributed by atoms with Crippen molar-refractivity contribution in [3.8, 4) is 0 Å². The second-order valence-corrected chi connectivity index (χ2v) is 2.19. The van der Waals surface area contributed by atoms with Gasteiger partial charge in [0.25, 0.3) is 0 Å². The number of hydrogen-bond donors (Lipinski definition) is 2. The third-order valence-corrected chi connectivity index (χ3v) is 1.03. The summed E-state index contributed by atoms with van der Waals surface area (Å²) in [6, 6.07) is 0. The second kappa shape index (κ2) is 10.1. The van der Waals surface area contributed by atoms with Crippen LogP contribution in [0.2, 0.25) is 0 Å². The van der Waals surface area contributed by atoms with Gasteiger partial charge in [0.05, 0.1) is 0 Å². The van der Waals surface area contributed by atoms with E-state index in [1.165, 1.54) is 0 Å². The van der Waals surface area contributed by atoms with Crippen molar-refractivity contribution in [3.05, 3.63) is 0 Å². The first-order chi connectivity index (χ1) is 5.58. The van der Waals surface area contributed by atoms with Gasteiger partial charge in [-0.15, -0.1) is 0 Å². The molecule has 0 spiro atoms. The highest BCUT2D eigenvalue weighted by Gasteiger charge is 1.88. The Morgan fingerprint density at radius 3 is 1.75 bits per heavy atom. The lowest BCUT2D eigenvalue weighted by molar-refractivity contribution is -0.137. The monoisotopic (exact) mass is 176 g/mol. The van der Waals surface area contributed by atoms with E-state index in [1.807, 2.05) is 6.92 Å². The summed E-state index contributed by atoms with van der Waals surface area (Å²) in [5.41, 5.74) is 0. The van der Waals surface area contributed by atoms with Crippen molar-refractivity contribution < 1.29 is 19.8 Å². The Bertz CT molecular complexity index is 125. The van der Waals surface area contributed by atoms with Crippen LogP contribution in [0.15, 0.2) is 0 Å². The molecule has 0 saturated carbocycles. The standard InChI is InChI=1S/2C4H8O2/c1-2-4(6)3-5;1-2-3-4(5)6/h5H,2-3H2,1H3;2-3H2,1H3,(H,5,6). The van der Waals surface area contributed by atoms with Crippen LogP contribution < -0.4 is 0 Å². The van der Waals surface area contributed by atoms with E-state index in [-0.39, 0.29) is 12.4 Å². The van der Waals surface area contributed by atoms with Gasteiger partial charge in [0.15, 0.2) is 5.78 Å². The van der Waals surface area contributed by atoms with E-state index in [2.05, 4.69) is 0 Å². The van der Waals surface area contributed by atoms with Gasteiger partial charge < -0.3 is 10.2 Å². The van der Waals surface area contributed by atoms with Crippen molar-refractivity contribution in [3.63, 3.8) is 0 Å². The van der Waals surface area contributed by atoms with Crippen molar-refractivity contribution in [1.82, 2.24) is 0 Å². The lowest BCUT2D eigenvalue weighted by Crippen LogP contribution is -1.99. The third kappa shape index (κ3) is 16.0. The number of aliphatic hydroxyl groups excluding tert-OH is 1. The van der Waals surface area contributed by atoms with Crippen molar-refractivity contribution >= 4 is 11.8 Å². The Hall–Kier alpha value is -0.900. The summed E-state index contributed by atoms with van der Waals surface area (Å²) in [6.45, 7) is 3.25. The molecule has 2 N–H and O–H groups in total. The summed E-state index contributed by atoms with van der Waals surface area (Å²) in [4.78, 5) is 19.5. The maximum absolute atomic E-state index is 9.93. The van der Waals surface area contributed by atoms with Gasteiger partial charge in [-0.25, -0.2) is 0 Å². The molecular weight excluding hydrogens is 160 g/mol. The molecule has 0 unspecified atom stereocenters. The molecule has 4 heteroatoms. The Balaban J connectivity index is 0. The molecule has 0 aliphatic rings. The molecule has 0 saturated heterocycles. The maximum Gasteiger partial charge on any atom is 0.303 e. The number of ketones is 1. The van der Waals surface area contributed by atoms with E-state index in [4.69, 9.17) is 10.2 Å². The van der Waals surface area contributed by atoms with Crippen LogP contribution in [-0.2, 0) is 9.59 Å².